The fourth-order valence-electron chi connectivity index (χ4n) is 2.61. The van der Waals surface area contributed by atoms with Gasteiger partial charge in [0.15, 0.2) is 0 Å². The van der Waals surface area contributed by atoms with Crippen LogP contribution in [0.1, 0.15) is 21.5 Å². The van der Waals surface area contributed by atoms with Gasteiger partial charge in [-0.25, -0.2) is 0 Å². The van der Waals surface area contributed by atoms with Gasteiger partial charge in [0.2, 0.25) is 5.78 Å². The first-order valence-electron chi connectivity index (χ1n) is 8.23. The molecule has 124 valence electrons. The van der Waals surface area contributed by atoms with E-state index in [1.54, 1.807) is 5.01 Å². The molecule has 3 aromatic carbocycles. The number of hydrogen-bond donors (Lipinski definition) is 0. The summed E-state index contributed by atoms with van der Waals surface area (Å²) in [6.07, 6.45) is 0. The maximum absolute atomic E-state index is 13.0. The number of carbonyl (C=O) groups is 1. The Morgan fingerprint density at radius 1 is 0.760 bits per heavy atom. The van der Waals surface area contributed by atoms with Gasteiger partial charge in [-0.3, -0.25) is 9.80 Å². The maximum atomic E-state index is 13.0. The molecule has 0 bridgehead atoms. The highest BCUT2D eigenvalue weighted by molar-refractivity contribution is 6.51. The van der Waals surface area contributed by atoms with Crippen LogP contribution >= 0.6 is 0 Å². The van der Waals surface area contributed by atoms with E-state index >= 15 is 0 Å². The quantitative estimate of drug-likeness (QED) is 0.381. The molecular weight excluding hydrogens is 308 g/mol. The summed E-state index contributed by atoms with van der Waals surface area (Å²) in [6.45, 7) is 0.638. The van der Waals surface area contributed by atoms with Gasteiger partial charge >= 0.3 is 0 Å². The molecule has 0 unspecified atom stereocenters. The van der Waals surface area contributed by atoms with Crippen LogP contribution in [0.15, 0.2) is 96.1 Å². The third-order valence-corrected chi connectivity index (χ3v) is 3.82. The zero-order chi connectivity index (χ0) is 17.5. The van der Waals surface area contributed by atoms with Crippen molar-refractivity contribution >= 4 is 11.5 Å². The number of benzene rings is 3. The molecule has 0 saturated heterocycles. The summed E-state index contributed by atoms with van der Waals surface area (Å²) in [5, 5.41) is 6.42. The molecule has 0 aliphatic rings. The van der Waals surface area contributed by atoms with Crippen molar-refractivity contribution in [1.29, 1.82) is 0 Å². The fourth-order valence-corrected chi connectivity index (χ4v) is 2.61. The largest absolute Gasteiger partial charge is 0.295 e. The molecule has 0 fully saturated rings. The van der Waals surface area contributed by atoms with Crippen molar-refractivity contribution in [2.45, 2.75) is 6.54 Å². The summed E-state index contributed by atoms with van der Waals surface area (Å²) < 4.78 is 0. The Hall–Kier alpha value is -3.20. The first-order chi connectivity index (χ1) is 12.2. The molecule has 0 heterocycles. The van der Waals surface area contributed by atoms with Gasteiger partial charge in [-0.15, -0.1) is 0 Å². The molecule has 0 spiro atoms. The molecule has 3 nitrogen and oxygen atoms in total. The van der Waals surface area contributed by atoms with Crippen LogP contribution in [0.2, 0.25) is 0 Å². The molecule has 0 aromatic heterocycles. The van der Waals surface area contributed by atoms with E-state index in [0.717, 1.165) is 11.1 Å². The average Bonchev–Trinajstić information content (AvgIpc) is 2.68. The van der Waals surface area contributed by atoms with Gasteiger partial charge in [0.25, 0.3) is 0 Å². The Kier molecular flexibility index (Phi) is 5.37. The summed E-state index contributed by atoms with van der Waals surface area (Å²) in [7, 11) is 1.88. The van der Waals surface area contributed by atoms with E-state index in [9.17, 15) is 4.79 Å². The van der Waals surface area contributed by atoms with Gasteiger partial charge in [0, 0.05) is 18.2 Å². The summed E-state index contributed by atoms with van der Waals surface area (Å²) in [6, 6.07) is 28.9. The minimum absolute atomic E-state index is 0.0771. The summed E-state index contributed by atoms with van der Waals surface area (Å²) in [4.78, 5) is 13.0. The van der Waals surface area contributed by atoms with Crippen LogP contribution in [0.5, 0.6) is 0 Å². The molecule has 0 radical (unpaired) electrons. The highest BCUT2D eigenvalue weighted by Crippen LogP contribution is 2.11. The lowest BCUT2D eigenvalue weighted by atomic mass is 10.0. The SMILES string of the molecule is CN(Cc1ccccc1)N=C(C(=O)c1ccccc1)c1ccccc1. The van der Waals surface area contributed by atoms with Gasteiger partial charge in [-0.1, -0.05) is 91.0 Å². The molecule has 3 aromatic rings. The normalized spacial score (nSPS) is 11.2. The van der Waals surface area contributed by atoms with E-state index in [1.165, 1.54) is 0 Å². The smallest absolute Gasteiger partial charge is 0.213 e. The lowest BCUT2D eigenvalue weighted by Crippen LogP contribution is -2.21. The minimum Gasteiger partial charge on any atom is -0.295 e. The predicted molar refractivity (Wildman–Crippen MR) is 102 cm³/mol. The third kappa shape index (κ3) is 4.42. The standard InChI is InChI=1S/C22H20N2O/c1-24(17-18-11-5-2-6-12-18)23-21(19-13-7-3-8-14-19)22(25)20-15-9-4-10-16-20/h2-16H,17H2,1H3. The molecule has 3 heteroatoms. The molecule has 0 aliphatic heterocycles. The summed E-state index contributed by atoms with van der Waals surface area (Å²) in [5.74, 6) is -0.0771. The van der Waals surface area contributed by atoms with E-state index in [-0.39, 0.29) is 5.78 Å². The summed E-state index contributed by atoms with van der Waals surface area (Å²) in [5.41, 5.74) is 3.05. The van der Waals surface area contributed by atoms with Crippen LogP contribution in [0.3, 0.4) is 0 Å². The highest BCUT2D eigenvalue weighted by Gasteiger charge is 2.17. The zero-order valence-electron chi connectivity index (χ0n) is 14.2. The van der Waals surface area contributed by atoms with Gasteiger partial charge in [-0.05, 0) is 5.56 Å². The third-order valence-electron chi connectivity index (χ3n) is 3.82. The Morgan fingerprint density at radius 2 is 1.24 bits per heavy atom. The molecule has 0 N–H and O–H groups in total. The predicted octanol–water partition coefficient (Wildman–Crippen LogP) is 4.41. The first kappa shape index (κ1) is 16.7. The van der Waals surface area contributed by atoms with Gasteiger partial charge < -0.3 is 0 Å². The van der Waals surface area contributed by atoms with Crippen LogP contribution in [0.25, 0.3) is 0 Å². The first-order valence-corrected chi connectivity index (χ1v) is 8.23. The number of Topliss-reactive ketones (excluding diaryl/α,β-unsaturated/α-hetero) is 1. The van der Waals surface area contributed by atoms with Crippen molar-refractivity contribution in [2.75, 3.05) is 7.05 Å². The van der Waals surface area contributed by atoms with Crippen molar-refractivity contribution in [2.24, 2.45) is 5.10 Å². The highest BCUT2D eigenvalue weighted by atomic mass is 16.1. The number of ketones is 1. The molecule has 0 aliphatic carbocycles. The van der Waals surface area contributed by atoms with Crippen molar-refractivity contribution in [3.63, 3.8) is 0 Å². The van der Waals surface area contributed by atoms with Crippen LogP contribution in [-0.4, -0.2) is 23.6 Å². The van der Waals surface area contributed by atoms with Crippen molar-refractivity contribution in [3.05, 3.63) is 108 Å². The number of hydrogen-bond acceptors (Lipinski definition) is 3. The van der Waals surface area contributed by atoms with E-state index < -0.39 is 0 Å². The molecule has 0 saturated carbocycles. The number of rotatable bonds is 6. The monoisotopic (exact) mass is 328 g/mol. The molecular formula is C22H20N2O. The van der Waals surface area contributed by atoms with E-state index in [0.29, 0.717) is 17.8 Å². The van der Waals surface area contributed by atoms with Crippen LogP contribution in [-0.2, 0) is 6.54 Å². The average molecular weight is 328 g/mol. The Morgan fingerprint density at radius 3 is 1.80 bits per heavy atom. The van der Waals surface area contributed by atoms with E-state index in [2.05, 4.69) is 5.10 Å². The molecule has 25 heavy (non-hydrogen) atoms. The van der Waals surface area contributed by atoms with Crippen molar-refractivity contribution < 1.29 is 4.79 Å². The molecule has 3 rings (SSSR count). The topological polar surface area (TPSA) is 32.7 Å². The van der Waals surface area contributed by atoms with Crippen LogP contribution < -0.4 is 0 Å². The Bertz CT molecular complexity index is 843. The molecule has 0 atom stereocenters. The number of hydrazone groups is 1. The second kappa shape index (κ2) is 8.06. The van der Waals surface area contributed by atoms with Crippen molar-refractivity contribution in [1.82, 2.24) is 5.01 Å². The number of nitrogens with zero attached hydrogens (tertiary/aromatic N) is 2. The van der Waals surface area contributed by atoms with Crippen molar-refractivity contribution in [3.8, 4) is 0 Å². The lowest BCUT2D eigenvalue weighted by Gasteiger charge is -2.16. The van der Waals surface area contributed by atoms with E-state index in [4.69, 9.17) is 0 Å². The summed E-state index contributed by atoms with van der Waals surface area (Å²) >= 11 is 0. The Labute approximate surface area is 148 Å². The van der Waals surface area contributed by atoms with Gasteiger partial charge in [-0.2, -0.15) is 5.10 Å². The lowest BCUT2D eigenvalue weighted by molar-refractivity contribution is 0.106. The van der Waals surface area contributed by atoms with Crippen LogP contribution in [0, 0.1) is 0 Å². The molecule has 0 amide bonds. The van der Waals surface area contributed by atoms with E-state index in [1.807, 2.05) is 98.0 Å². The van der Waals surface area contributed by atoms with Crippen LogP contribution in [0.4, 0.5) is 0 Å². The Balaban J connectivity index is 1.92. The number of carbonyl (C=O) groups excluding carboxylic acids is 1. The maximum Gasteiger partial charge on any atom is 0.213 e. The fraction of sp³-hybridized carbons (Fsp3) is 0.0909. The minimum atomic E-state index is -0.0771. The second-order valence-electron chi connectivity index (χ2n) is 5.81. The second-order valence-corrected chi connectivity index (χ2v) is 5.81. The van der Waals surface area contributed by atoms with Gasteiger partial charge in [0.1, 0.15) is 5.71 Å². The zero-order valence-corrected chi connectivity index (χ0v) is 14.2. The van der Waals surface area contributed by atoms with Gasteiger partial charge in [0.05, 0.1) is 6.54 Å².